The second kappa shape index (κ2) is 9.40. The number of Topliss-reactive ketones (excluding diaryl/α,β-unsaturated/α-hetero) is 1. The number of hydrogen-bond donors (Lipinski definition) is 2. The van der Waals surface area contributed by atoms with Gasteiger partial charge in [0.15, 0.2) is 5.78 Å². The van der Waals surface area contributed by atoms with Gasteiger partial charge in [-0.05, 0) is 58.6 Å². The lowest BCUT2D eigenvalue weighted by molar-refractivity contribution is -0.124. The van der Waals surface area contributed by atoms with Gasteiger partial charge in [0.2, 0.25) is 5.88 Å². The average Bonchev–Trinajstić information content (AvgIpc) is 3.26. The molecule has 7 nitrogen and oxygen atoms in total. The van der Waals surface area contributed by atoms with Crippen molar-refractivity contribution in [3.63, 3.8) is 0 Å². The zero-order chi connectivity index (χ0) is 23.7. The summed E-state index contributed by atoms with van der Waals surface area (Å²) in [5.74, 6) is -1.98. The summed E-state index contributed by atoms with van der Waals surface area (Å²) in [6.07, 6.45) is 0.783. The van der Waals surface area contributed by atoms with E-state index < -0.39 is 35.6 Å². The number of ether oxygens (including phenoxy) is 1. The quantitative estimate of drug-likeness (QED) is 0.497. The number of hydrogen-bond acceptors (Lipinski definition) is 6. The highest BCUT2D eigenvalue weighted by Gasteiger charge is 2.28. The number of ketones is 1. The Morgan fingerprint density at radius 1 is 1.30 bits per heavy atom. The van der Waals surface area contributed by atoms with Crippen LogP contribution in [0.3, 0.4) is 0 Å². The Morgan fingerprint density at radius 3 is 2.82 bits per heavy atom. The van der Waals surface area contributed by atoms with Gasteiger partial charge in [0, 0.05) is 23.9 Å². The third-order valence-electron chi connectivity index (χ3n) is 5.46. The lowest BCUT2D eigenvalue weighted by Gasteiger charge is -2.22. The van der Waals surface area contributed by atoms with E-state index in [1.807, 2.05) is 12.1 Å². The van der Waals surface area contributed by atoms with E-state index in [4.69, 9.17) is 4.74 Å². The predicted octanol–water partition coefficient (Wildman–Crippen LogP) is 3.29. The van der Waals surface area contributed by atoms with Gasteiger partial charge >= 0.3 is 0 Å². The molecule has 4 rings (SSSR count). The van der Waals surface area contributed by atoms with E-state index in [-0.39, 0.29) is 28.3 Å². The Hall–Kier alpha value is -3.11. The molecule has 0 bridgehead atoms. The third-order valence-corrected chi connectivity index (χ3v) is 6.14. The topological polar surface area (TPSA) is 93.5 Å². The van der Waals surface area contributed by atoms with Crippen LogP contribution >= 0.6 is 15.9 Å². The van der Waals surface area contributed by atoms with Gasteiger partial charge in [-0.3, -0.25) is 14.2 Å². The molecule has 2 N–H and O–H groups in total. The normalized spacial score (nSPS) is 13.4. The van der Waals surface area contributed by atoms with Crippen molar-refractivity contribution in [3.8, 4) is 5.88 Å². The van der Waals surface area contributed by atoms with E-state index >= 15 is 0 Å². The minimum atomic E-state index is -1.08. The molecule has 1 aromatic heterocycles. The first-order valence-corrected chi connectivity index (χ1v) is 10.9. The minimum absolute atomic E-state index is 0.0609. The highest BCUT2D eigenvalue weighted by atomic mass is 79.9. The fraction of sp³-hybridized carbons (Fsp3) is 0.261. The number of nitrogens with zero attached hydrogens (tertiary/aromatic N) is 2. The van der Waals surface area contributed by atoms with Gasteiger partial charge in [-0.1, -0.05) is 12.1 Å². The lowest BCUT2D eigenvalue weighted by Crippen LogP contribution is -2.35. The van der Waals surface area contributed by atoms with Crippen molar-refractivity contribution >= 4 is 27.4 Å². The summed E-state index contributed by atoms with van der Waals surface area (Å²) in [6.45, 7) is 1.28. The van der Waals surface area contributed by atoms with Crippen LogP contribution in [0.2, 0.25) is 0 Å². The van der Waals surface area contributed by atoms with Gasteiger partial charge < -0.3 is 15.2 Å². The van der Waals surface area contributed by atoms with Crippen molar-refractivity contribution in [1.82, 2.24) is 9.55 Å². The van der Waals surface area contributed by atoms with Gasteiger partial charge in [0.05, 0.1) is 0 Å². The number of aliphatic hydroxyl groups excluding tert-OH is 1. The Balaban J connectivity index is 1.71. The Labute approximate surface area is 196 Å². The van der Waals surface area contributed by atoms with Gasteiger partial charge in [-0.25, -0.2) is 8.78 Å². The van der Waals surface area contributed by atoms with E-state index in [0.717, 1.165) is 36.3 Å². The number of nitrogens with one attached hydrogen (secondary N) is 1. The van der Waals surface area contributed by atoms with Crippen molar-refractivity contribution in [2.75, 3.05) is 18.5 Å². The highest BCUT2D eigenvalue weighted by Crippen LogP contribution is 2.29. The molecular weight excluding hydrogens is 500 g/mol. The van der Waals surface area contributed by atoms with Crippen molar-refractivity contribution in [2.45, 2.75) is 26.0 Å². The second-order valence-electron chi connectivity index (χ2n) is 7.60. The highest BCUT2D eigenvalue weighted by molar-refractivity contribution is 9.10. The monoisotopic (exact) mass is 519 g/mol. The summed E-state index contributed by atoms with van der Waals surface area (Å²) in [5.41, 5.74) is 2.03. The number of carbonyl (C=O) groups is 1. The number of anilines is 1. The smallest absolute Gasteiger partial charge is 0.272 e. The molecular formula is C23H20BrF2N3O4. The zero-order valence-corrected chi connectivity index (χ0v) is 19.2. The molecule has 0 spiro atoms. The van der Waals surface area contributed by atoms with Gasteiger partial charge in [0.25, 0.3) is 5.56 Å². The van der Waals surface area contributed by atoms with Crippen LogP contribution in [0, 0.1) is 18.6 Å². The van der Waals surface area contributed by atoms with Crippen molar-refractivity contribution in [3.05, 3.63) is 85.4 Å². The lowest BCUT2D eigenvalue weighted by atomic mass is 9.99. The SMILES string of the molecule is Cc1nc(OCc2ccc(F)cc2F)c(Br)c(=O)n1C(C(=O)CO)c1ccc2c(c1)CCN2. The minimum Gasteiger partial charge on any atom is -0.472 e. The summed E-state index contributed by atoms with van der Waals surface area (Å²) >= 11 is 3.17. The van der Waals surface area contributed by atoms with Crippen LogP contribution in [0.25, 0.3) is 0 Å². The van der Waals surface area contributed by atoms with Crippen LogP contribution in [0.4, 0.5) is 14.5 Å². The summed E-state index contributed by atoms with van der Waals surface area (Å²) in [7, 11) is 0. The van der Waals surface area contributed by atoms with E-state index in [1.165, 1.54) is 17.6 Å². The number of aryl methyl sites for hydroxylation is 1. The predicted molar refractivity (Wildman–Crippen MR) is 120 cm³/mol. The summed E-state index contributed by atoms with van der Waals surface area (Å²) in [5, 5.41) is 12.8. The van der Waals surface area contributed by atoms with Crippen molar-refractivity contribution < 1.29 is 23.4 Å². The molecule has 33 heavy (non-hydrogen) atoms. The van der Waals surface area contributed by atoms with Crippen LogP contribution in [0.1, 0.15) is 28.6 Å². The largest absolute Gasteiger partial charge is 0.472 e. The first-order valence-electron chi connectivity index (χ1n) is 10.2. The summed E-state index contributed by atoms with van der Waals surface area (Å²) < 4.78 is 33.7. The second-order valence-corrected chi connectivity index (χ2v) is 8.39. The van der Waals surface area contributed by atoms with Gasteiger partial charge in [-0.2, -0.15) is 4.98 Å². The molecule has 0 radical (unpaired) electrons. The number of fused-ring (bicyclic) bond motifs is 1. The molecule has 3 aromatic rings. The van der Waals surface area contributed by atoms with E-state index in [1.54, 1.807) is 6.07 Å². The number of rotatable bonds is 7. The number of aromatic nitrogens is 2. The molecule has 10 heteroatoms. The Bertz CT molecular complexity index is 1300. The van der Waals surface area contributed by atoms with Crippen LogP contribution in [0.15, 0.2) is 45.7 Å². The molecule has 1 aliphatic rings. The first-order chi connectivity index (χ1) is 15.8. The molecule has 0 amide bonds. The Kier molecular flexibility index (Phi) is 6.57. The van der Waals surface area contributed by atoms with E-state index in [0.29, 0.717) is 5.56 Å². The van der Waals surface area contributed by atoms with Gasteiger partial charge in [0.1, 0.15) is 41.2 Å². The maximum Gasteiger partial charge on any atom is 0.272 e. The number of aliphatic hydroxyl groups is 1. The number of halogens is 3. The molecule has 1 aliphatic heterocycles. The van der Waals surface area contributed by atoms with E-state index in [9.17, 15) is 23.5 Å². The van der Waals surface area contributed by atoms with Crippen molar-refractivity contribution in [2.24, 2.45) is 0 Å². The molecule has 0 saturated carbocycles. The molecule has 1 unspecified atom stereocenters. The maximum absolute atomic E-state index is 13.9. The van der Waals surface area contributed by atoms with E-state index in [2.05, 4.69) is 26.2 Å². The summed E-state index contributed by atoms with van der Waals surface area (Å²) in [6, 6.07) is 7.41. The molecule has 1 atom stereocenters. The number of benzene rings is 2. The van der Waals surface area contributed by atoms with Crippen LogP contribution < -0.4 is 15.6 Å². The molecule has 2 heterocycles. The Morgan fingerprint density at radius 2 is 2.09 bits per heavy atom. The van der Waals surface area contributed by atoms with Crippen LogP contribution in [-0.4, -0.2) is 33.6 Å². The standard InChI is InChI=1S/C23H20BrF2N3O4/c1-12-28-22(33-11-15-2-4-16(25)9-17(15)26)20(24)23(32)29(12)21(19(31)10-30)14-3-5-18-13(8-14)6-7-27-18/h2-5,8-9,21,27,30H,6-7,10-11H2,1H3. The molecule has 0 aliphatic carbocycles. The molecule has 2 aromatic carbocycles. The third kappa shape index (κ3) is 4.53. The fourth-order valence-electron chi connectivity index (χ4n) is 3.84. The number of carbonyl (C=O) groups excluding carboxylic acids is 1. The molecule has 0 fully saturated rings. The average molecular weight is 520 g/mol. The molecule has 172 valence electrons. The maximum atomic E-state index is 13.9. The molecule has 0 saturated heterocycles. The van der Waals surface area contributed by atoms with Gasteiger partial charge in [-0.15, -0.1) is 0 Å². The fourth-order valence-corrected chi connectivity index (χ4v) is 4.23. The first kappa shape index (κ1) is 23.1. The van der Waals surface area contributed by atoms with Crippen LogP contribution in [0.5, 0.6) is 5.88 Å². The summed E-state index contributed by atoms with van der Waals surface area (Å²) in [4.78, 5) is 30.2. The van der Waals surface area contributed by atoms with Crippen LogP contribution in [-0.2, 0) is 17.8 Å². The van der Waals surface area contributed by atoms with Crippen molar-refractivity contribution in [1.29, 1.82) is 0 Å². The zero-order valence-electron chi connectivity index (χ0n) is 17.6.